The quantitative estimate of drug-likeness (QED) is 0.173. The number of rotatable bonds is 3. The van der Waals surface area contributed by atoms with Gasteiger partial charge < -0.3 is 0 Å². The van der Waals surface area contributed by atoms with Gasteiger partial charge in [-0.05, 0) is 76.8 Å². The van der Waals surface area contributed by atoms with Gasteiger partial charge in [0.25, 0.3) is 0 Å². The molecule has 4 heterocycles. The Morgan fingerprint density at radius 2 is 1.19 bits per heavy atom. The van der Waals surface area contributed by atoms with Crippen LogP contribution in [-0.4, -0.2) is 19.1 Å². The number of aromatic nitrogens is 4. The second kappa shape index (κ2) is 10.9. The van der Waals surface area contributed by atoms with E-state index in [1.165, 1.54) is 59.0 Å². The SMILES string of the molecule is c1ccc(-n2c3ccc(-c4nc(-c5ccc6ccccc6c5)c5ccc6ccccc6c5n4)cc3c3c4cccc5c4n(c32)-c2ccccc2S5)cc1. The van der Waals surface area contributed by atoms with Gasteiger partial charge in [-0.2, -0.15) is 0 Å². The van der Waals surface area contributed by atoms with Crippen LogP contribution in [0.2, 0.25) is 0 Å². The van der Waals surface area contributed by atoms with Crippen LogP contribution in [-0.2, 0) is 0 Å². The molecule has 4 nitrogen and oxygen atoms in total. The number of para-hydroxylation sites is 3. The number of nitrogens with zero attached hydrogens (tertiary/aromatic N) is 4. The molecule has 0 amide bonds. The molecule has 0 saturated carbocycles. The summed E-state index contributed by atoms with van der Waals surface area (Å²) < 4.78 is 4.91. The molecule has 0 atom stereocenters. The summed E-state index contributed by atoms with van der Waals surface area (Å²) >= 11 is 1.85. The molecule has 12 rings (SSSR count). The van der Waals surface area contributed by atoms with Crippen molar-refractivity contribution in [2.75, 3.05) is 0 Å². The summed E-state index contributed by atoms with van der Waals surface area (Å²) in [5.74, 6) is 0.717. The Morgan fingerprint density at radius 1 is 0.453 bits per heavy atom. The molecule has 0 saturated heterocycles. The molecular formula is C48H28N4S. The maximum Gasteiger partial charge on any atom is 0.160 e. The topological polar surface area (TPSA) is 35.6 Å². The van der Waals surface area contributed by atoms with E-state index in [1.54, 1.807) is 0 Å². The van der Waals surface area contributed by atoms with Gasteiger partial charge in [0.15, 0.2) is 5.82 Å². The molecule has 5 heteroatoms. The fourth-order valence-electron chi connectivity index (χ4n) is 8.51. The molecule has 0 aliphatic carbocycles. The third-order valence-electron chi connectivity index (χ3n) is 10.9. The van der Waals surface area contributed by atoms with Crippen molar-refractivity contribution in [1.29, 1.82) is 0 Å². The van der Waals surface area contributed by atoms with Crippen molar-refractivity contribution >= 4 is 77.0 Å². The van der Waals surface area contributed by atoms with Gasteiger partial charge in [0.05, 0.1) is 27.9 Å². The first kappa shape index (κ1) is 28.9. The minimum Gasteiger partial charge on any atom is -0.295 e. The van der Waals surface area contributed by atoms with Crippen molar-refractivity contribution < 1.29 is 0 Å². The van der Waals surface area contributed by atoms with Gasteiger partial charge in [-0.15, -0.1) is 0 Å². The summed E-state index contributed by atoms with van der Waals surface area (Å²) in [6, 6.07) is 61.1. The van der Waals surface area contributed by atoms with Crippen molar-refractivity contribution in [1.82, 2.24) is 19.1 Å². The standard InChI is InChI=1S/C48H28N4S/c1-2-14-34(15-3-1)51-39-26-24-33(28-38(39)43-36-17-10-20-42-46(36)52(48(43)51)40-18-8-9-19-41(40)53-42)47-49-44(32-22-21-29-11-4-5-13-31(29)27-32)37-25-23-30-12-6-7-16-35(30)45(37)50-47/h1-28H. The molecule has 3 aromatic heterocycles. The number of hydrogen-bond donors (Lipinski definition) is 0. The van der Waals surface area contributed by atoms with E-state index in [9.17, 15) is 0 Å². The van der Waals surface area contributed by atoms with E-state index in [2.05, 4.69) is 179 Å². The van der Waals surface area contributed by atoms with E-state index in [1.807, 2.05) is 11.8 Å². The van der Waals surface area contributed by atoms with Crippen molar-refractivity contribution in [3.8, 4) is 34.0 Å². The van der Waals surface area contributed by atoms with E-state index >= 15 is 0 Å². The average Bonchev–Trinajstić information content (AvgIpc) is 3.74. The third-order valence-corrected chi connectivity index (χ3v) is 12.0. The molecular weight excluding hydrogens is 665 g/mol. The van der Waals surface area contributed by atoms with Gasteiger partial charge >= 0.3 is 0 Å². The Morgan fingerprint density at radius 3 is 2.11 bits per heavy atom. The zero-order valence-corrected chi connectivity index (χ0v) is 29.2. The van der Waals surface area contributed by atoms with Gasteiger partial charge in [0.2, 0.25) is 0 Å². The maximum absolute atomic E-state index is 5.42. The third kappa shape index (κ3) is 4.14. The normalized spacial score (nSPS) is 12.5. The molecule has 8 aromatic carbocycles. The zero-order valence-electron chi connectivity index (χ0n) is 28.4. The molecule has 0 N–H and O–H groups in total. The molecule has 53 heavy (non-hydrogen) atoms. The number of fused-ring (bicyclic) bond motifs is 11. The van der Waals surface area contributed by atoms with Crippen LogP contribution in [0.15, 0.2) is 180 Å². The Bertz CT molecular complexity index is 3320. The van der Waals surface area contributed by atoms with E-state index in [-0.39, 0.29) is 0 Å². The lowest BCUT2D eigenvalue weighted by molar-refractivity contribution is 1.03. The van der Waals surface area contributed by atoms with E-state index in [0.29, 0.717) is 5.82 Å². The van der Waals surface area contributed by atoms with Crippen LogP contribution < -0.4 is 0 Å². The Labute approximate surface area is 308 Å². The van der Waals surface area contributed by atoms with Gasteiger partial charge in [-0.3, -0.25) is 9.13 Å². The molecule has 11 aromatic rings. The predicted octanol–water partition coefficient (Wildman–Crippen LogP) is 12.8. The second-order valence-corrected chi connectivity index (χ2v) is 14.9. The molecule has 0 bridgehead atoms. The van der Waals surface area contributed by atoms with E-state index < -0.39 is 0 Å². The van der Waals surface area contributed by atoms with Crippen LogP contribution in [0, 0.1) is 0 Å². The Kier molecular flexibility index (Phi) is 5.96. The highest BCUT2D eigenvalue weighted by Crippen LogP contribution is 2.49. The highest BCUT2D eigenvalue weighted by atomic mass is 32.2. The minimum absolute atomic E-state index is 0.717. The largest absolute Gasteiger partial charge is 0.295 e. The van der Waals surface area contributed by atoms with Crippen LogP contribution in [0.1, 0.15) is 0 Å². The van der Waals surface area contributed by atoms with Crippen LogP contribution >= 0.6 is 11.8 Å². The van der Waals surface area contributed by atoms with Gasteiger partial charge in [0.1, 0.15) is 5.65 Å². The summed E-state index contributed by atoms with van der Waals surface area (Å²) in [6.07, 6.45) is 0. The van der Waals surface area contributed by atoms with Gasteiger partial charge in [0, 0.05) is 53.5 Å². The molecule has 0 fully saturated rings. The Balaban J connectivity index is 1.19. The number of hydrogen-bond acceptors (Lipinski definition) is 3. The van der Waals surface area contributed by atoms with Crippen molar-refractivity contribution in [2.24, 2.45) is 0 Å². The second-order valence-electron chi connectivity index (χ2n) is 13.8. The van der Waals surface area contributed by atoms with Crippen molar-refractivity contribution in [2.45, 2.75) is 9.79 Å². The fourth-order valence-corrected chi connectivity index (χ4v) is 9.60. The highest BCUT2D eigenvalue weighted by molar-refractivity contribution is 7.99. The summed E-state index contributed by atoms with van der Waals surface area (Å²) in [5.41, 5.74) is 9.88. The smallest absolute Gasteiger partial charge is 0.160 e. The van der Waals surface area contributed by atoms with E-state index in [4.69, 9.17) is 9.97 Å². The lowest BCUT2D eigenvalue weighted by Crippen LogP contribution is -2.05. The predicted molar refractivity (Wildman–Crippen MR) is 221 cm³/mol. The molecule has 0 spiro atoms. The van der Waals surface area contributed by atoms with Crippen LogP contribution in [0.4, 0.5) is 0 Å². The summed E-state index contributed by atoms with van der Waals surface area (Å²) in [6.45, 7) is 0. The van der Waals surface area contributed by atoms with E-state index in [0.717, 1.165) is 44.3 Å². The fraction of sp³-hybridized carbons (Fsp3) is 0. The lowest BCUT2D eigenvalue weighted by atomic mass is 9.99. The molecule has 1 aliphatic rings. The lowest BCUT2D eigenvalue weighted by Gasteiger charge is -2.21. The zero-order chi connectivity index (χ0) is 34.6. The highest BCUT2D eigenvalue weighted by Gasteiger charge is 2.28. The van der Waals surface area contributed by atoms with Crippen molar-refractivity contribution in [3.63, 3.8) is 0 Å². The van der Waals surface area contributed by atoms with Crippen LogP contribution in [0.25, 0.3) is 99.3 Å². The molecule has 0 radical (unpaired) electrons. The average molecular weight is 693 g/mol. The Hall–Kier alpha value is -6.69. The van der Waals surface area contributed by atoms with Gasteiger partial charge in [-0.25, -0.2) is 9.97 Å². The first-order valence-electron chi connectivity index (χ1n) is 17.9. The summed E-state index contributed by atoms with van der Waals surface area (Å²) in [5, 5.41) is 9.41. The van der Waals surface area contributed by atoms with Crippen LogP contribution in [0.3, 0.4) is 0 Å². The summed E-state index contributed by atoms with van der Waals surface area (Å²) in [7, 11) is 0. The van der Waals surface area contributed by atoms with Crippen LogP contribution in [0.5, 0.6) is 0 Å². The first-order valence-corrected chi connectivity index (χ1v) is 18.7. The summed E-state index contributed by atoms with van der Waals surface area (Å²) in [4.78, 5) is 13.3. The molecule has 0 unspecified atom stereocenters. The number of benzene rings is 8. The minimum atomic E-state index is 0.717. The monoisotopic (exact) mass is 692 g/mol. The maximum atomic E-state index is 5.42. The first-order chi connectivity index (χ1) is 26.3. The molecule has 1 aliphatic heterocycles. The van der Waals surface area contributed by atoms with Crippen molar-refractivity contribution in [3.05, 3.63) is 170 Å². The van der Waals surface area contributed by atoms with Gasteiger partial charge in [-0.1, -0.05) is 121 Å². The molecule has 246 valence electrons.